The molecule has 0 saturated heterocycles. The minimum atomic E-state index is -0.453. The Labute approximate surface area is 129 Å². The number of carbonyl (C=O) groups is 2. The second-order valence-electron chi connectivity index (χ2n) is 5.49. The Bertz CT molecular complexity index is 513. The molecule has 21 heavy (non-hydrogen) atoms. The molecule has 1 unspecified atom stereocenters. The predicted octanol–water partition coefficient (Wildman–Crippen LogP) is 1.26. The molecule has 0 radical (unpaired) electrons. The maximum atomic E-state index is 12.0. The Morgan fingerprint density at radius 1 is 1.29 bits per heavy atom. The highest BCUT2D eigenvalue weighted by atomic mass is 32.2. The summed E-state index contributed by atoms with van der Waals surface area (Å²) in [6, 6.07) is -0.336. The molecule has 8 heteroatoms. The number of nitrogens with two attached hydrogens (primary N) is 1. The first-order valence-corrected chi connectivity index (χ1v) is 7.85. The van der Waals surface area contributed by atoms with E-state index in [1.165, 1.54) is 18.7 Å². The number of nitrogens with one attached hydrogen (secondary N) is 1. The summed E-state index contributed by atoms with van der Waals surface area (Å²) in [6.07, 6.45) is 0. The fourth-order valence-corrected chi connectivity index (χ4v) is 2.84. The first-order valence-electron chi connectivity index (χ1n) is 6.87. The van der Waals surface area contributed by atoms with E-state index in [-0.39, 0.29) is 29.4 Å². The van der Waals surface area contributed by atoms with Crippen LogP contribution in [0.15, 0.2) is 5.16 Å². The van der Waals surface area contributed by atoms with Crippen molar-refractivity contribution in [2.24, 2.45) is 5.92 Å². The number of hydrogen-bond acceptors (Lipinski definition) is 6. The van der Waals surface area contributed by atoms with E-state index in [1.54, 1.807) is 4.57 Å². The van der Waals surface area contributed by atoms with Crippen molar-refractivity contribution in [2.45, 2.75) is 51.9 Å². The van der Waals surface area contributed by atoms with Crippen molar-refractivity contribution in [3.05, 3.63) is 0 Å². The fraction of sp³-hybridized carbons (Fsp3) is 0.692. The third-order valence-corrected chi connectivity index (χ3v) is 3.90. The van der Waals surface area contributed by atoms with E-state index in [2.05, 4.69) is 15.5 Å². The summed E-state index contributed by atoms with van der Waals surface area (Å²) in [7, 11) is 0. The molecule has 118 valence electrons. The average Bonchev–Trinajstić information content (AvgIpc) is 2.74. The Hall–Kier alpha value is -1.57. The molecule has 0 fully saturated rings. The van der Waals surface area contributed by atoms with E-state index in [0.29, 0.717) is 11.1 Å². The highest BCUT2D eigenvalue weighted by molar-refractivity contribution is 7.99. The molecule has 1 amide bonds. The lowest BCUT2D eigenvalue weighted by atomic mass is 10.0. The molecule has 1 rings (SSSR count). The molecule has 0 spiro atoms. The van der Waals surface area contributed by atoms with Gasteiger partial charge in [-0.25, -0.2) is 0 Å². The number of nitrogen functional groups attached to an aromatic ring is 1. The van der Waals surface area contributed by atoms with E-state index >= 15 is 0 Å². The van der Waals surface area contributed by atoms with Crippen molar-refractivity contribution in [1.29, 1.82) is 0 Å². The highest BCUT2D eigenvalue weighted by Crippen LogP contribution is 2.22. The fourth-order valence-electron chi connectivity index (χ4n) is 1.96. The highest BCUT2D eigenvalue weighted by Gasteiger charge is 2.21. The van der Waals surface area contributed by atoms with Crippen LogP contribution in [0.3, 0.4) is 0 Å². The van der Waals surface area contributed by atoms with Gasteiger partial charge in [-0.15, -0.1) is 10.2 Å². The second-order valence-corrected chi connectivity index (χ2v) is 6.44. The normalized spacial score (nSPS) is 12.7. The molecule has 3 N–H and O–H groups in total. The van der Waals surface area contributed by atoms with Gasteiger partial charge in [-0.05, 0) is 26.7 Å². The number of ketones is 1. The monoisotopic (exact) mass is 313 g/mol. The molecule has 0 bridgehead atoms. The van der Waals surface area contributed by atoms with Crippen LogP contribution in [0.25, 0.3) is 0 Å². The van der Waals surface area contributed by atoms with Gasteiger partial charge in [-0.1, -0.05) is 25.6 Å². The van der Waals surface area contributed by atoms with Crippen LogP contribution >= 0.6 is 11.8 Å². The SMILES string of the molecule is CC(=O)C(NC(=O)CSc1nnc(N)n1C(C)C)C(C)C. The standard InChI is InChI=1S/C13H23N5O2S/c1-7(2)11(9(5)19)15-10(20)6-21-13-17-16-12(14)18(13)8(3)4/h7-8,11H,6H2,1-5H3,(H2,14,16)(H,15,20). The van der Waals surface area contributed by atoms with Gasteiger partial charge in [0.05, 0.1) is 11.8 Å². The van der Waals surface area contributed by atoms with E-state index in [0.717, 1.165) is 0 Å². The molecular weight excluding hydrogens is 290 g/mol. The number of anilines is 1. The molecule has 0 aliphatic heterocycles. The minimum Gasteiger partial charge on any atom is -0.368 e. The second kappa shape index (κ2) is 7.44. The number of Topliss-reactive ketones (excluding diaryl/α,β-unsaturated/α-hetero) is 1. The van der Waals surface area contributed by atoms with Crippen LogP contribution in [-0.2, 0) is 9.59 Å². The number of nitrogens with zero attached hydrogens (tertiary/aromatic N) is 3. The van der Waals surface area contributed by atoms with E-state index in [9.17, 15) is 9.59 Å². The summed E-state index contributed by atoms with van der Waals surface area (Å²) in [5, 5.41) is 11.1. The lowest BCUT2D eigenvalue weighted by Gasteiger charge is -2.19. The number of hydrogen-bond donors (Lipinski definition) is 2. The molecule has 1 aromatic heterocycles. The minimum absolute atomic E-state index is 0.0436. The van der Waals surface area contributed by atoms with Crippen molar-refractivity contribution >= 4 is 29.4 Å². The van der Waals surface area contributed by atoms with Crippen molar-refractivity contribution in [1.82, 2.24) is 20.1 Å². The van der Waals surface area contributed by atoms with Gasteiger partial charge in [-0.2, -0.15) is 0 Å². The number of aromatic nitrogens is 3. The van der Waals surface area contributed by atoms with E-state index in [4.69, 9.17) is 5.73 Å². The van der Waals surface area contributed by atoms with Gasteiger partial charge in [0, 0.05) is 6.04 Å². The molecule has 1 aromatic rings. The summed E-state index contributed by atoms with van der Waals surface area (Å²) in [5.74, 6) is 0.313. The molecular formula is C13H23N5O2S. The zero-order valence-electron chi connectivity index (χ0n) is 13.1. The summed E-state index contributed by atoms with van der Waals surface area (Å²) in [6.45, 7) is 9.21. The zero-order chi connectivity index (χ0) is 16.2. The van der Waals surface area contributed by atoms with Crippen LogP contribution < -0.4 is 11.1 Å². The summed E-state index contributed by atoms with van der Waals surface area (Å²) < 4.78 is 1.77. The molecule has 7 nitrogen and oxygen atoms in total. The summed E-state index contributed by atoms with van der Waals surface area (Å²) in [4.78, 5) is 23.4. The summed E-state index contributed by atoms with van der Waals surface area (Å²) in [5.41, 5.74) is 5.74. The maximum absolute atomic E-state index is 12.0. The van der Waals surface area contributed by atoms with Crippen molar-refractivity contribution in [2.75, 3.05) is 11.5 Å². The first kappa shape index (κ1) is 17.5. The van der Waals surface area contributed by atoms with E-state index in [1.807, 2.05) is 27.7 Å². The quantitative estimate of drug-likeness (QED) is 0.735. The number of amides is 1. The van der Waals surface area contributed by atoms with Gasteiger partial charge in [0.25, 0.3) is 0 Å². The molecule has 0 aliphatic carbocycles. The van der Waals surface area contributed by atoms with Crippen molar-refractivity contribution < 1.29 is 9.59 Å². The van der Waals surface area contributed by atoms with Crippen LogP contribution in [0.2, 0.25) is 0 Å². The number of thioether (sulfide) groups is 1. The molecule has 1 heterocycles. The third-order valence-electron chi connectivity index (χ3n) is 2.96. The Morgan fingerprint density at radius 2 is 1.90 bits per heavy atom. The van der Waals surface area contributed by atoms with Crippen LogP contribution in [0.5, 0.6) is 0 Å². The maximum Gasteiger partial charge on any atom is 0.231 e. The first-order chi connectivity index (χ1) is 9.73. The molecule has 1 atom stereocenters. The van der Waals surface area contributed by atoms with Crippen LogP contribution in [0, 0.1) is 5.92 Å². The smallest absolute Gasteiger partial charge is 0.231 e. The van der Waals surface area contributed by atoms with Crippen LogP contribution in [0.4, 0.5) is 5.95 Å². The Balaban J connectivity index is 2.63. The Kier molecular flexibility index (Phi) is 6.19. The van der Waals surface area contributed by atoms with Gasteiger partial charge in [-0.3, -0.25) is 14.2 Å². The Morgan fingerprint density at radius 3 is 2.38 bits per heavy atom. The van der Waals surface area contributed by atoms with Crippen LogP contribution in [-0.4, -0.2) is 38.2 Å². The average molecular weight is 313 g/mol. The largest absolute Gasteiger partial charge is 0.368 e. The van der Waals surface area contributed by atoms with Gasteiger partial charge in [0.2, 0.25) is 11.9 Å². The van der Waals surface area contributed by atoms with Crippen LogP contribution in [0.1, 0.15) is 40.7 Å². The molecule has 0 saturated carbocycles. The third kappa shape index (κ3) is 4.73. The van der Waals surface area contributed by atoms with Gasteiger partial charge in [0.1, 0.15) is 0 Å². The molecule has 0 aromatic carbocycles. The zero-order valence-corrected chi connectivity index (χ0v) is 13.9. The number of carbonyl (C=O) groups excluding carboxylic acids is 2. The van der Waals surface area contributed by atoms with E-state index < -0.39 is 6.04 Å². The number of rotatable bonds is 7. The topological polar surface area (TPSA) is 103 Å². The predicted molar refractivity (Wildman–Crippen MR) is 83.0 cm³/mol. The lowest BCUT2D eigenvalue weighted by molar-refractivity contribution is -0.126. The van der Waals surface area contributed by atoms with Gasteiger partial charge in [0.15, 0.2) is 10.9 Å². The van der Waals surface area contributed by atoms with Gasteiger partial charge >= 0.3 is 0 Å². The lowest BCUT2D eigenvalue weighted by Crippen LogP contribution is -2.44. The summed E-state index contributed by atoms with van der Waals surface area (Å²) >= 11 is 1.26. The van der Waals surface area contributed by atoms with Crippen molar-refractivity contribution in [3.8, 4) is 0 Å². The van der Waals surface area contributed by atoms with Crippen molar-refractivity contribution in [3.63, 3.8) is 0 Å². The van der Waals surface area contributed by atoms with Gasteiger partial charge < -0.3 is 11.1 Å². The molecule has 0 aliphatic rings.